The lowest BCUT2D eigenvalue weighted by Gasteiger charge is -2.17. The first-order chi connectivity index (χ1) is 10.1. The zero-order chi connectivity index (χ0) is 15.9. The van der Waals surface area contributed by atoms with Gasteiger partial charge in [0.2, 0.25) is 0 Å². The minimum atomic E-state index is -0.738. The Balaban J connectivity index is 3.33. The maximum absolute atomic E-state index is 11.0. The van der Waals surface area contributed by atoms with Crippen LogP contribution in [-0.4, -0.2) is 53.2 Å². The maximum atomic E-state index is 11.0. The molecule has 5 heteroatoms. The molecule has 128 valence electrons. The van der Waals surface area contributed by atoms with Crippen LogP contribution >= 0.6 is 0 Å². The summed E-state index contributed by atoms with van der Waals surface area (Å²) in [5.74, 6) is 0.707. The molecule has 0 spiro atoms. The van der Waals surface area contributed by atoms with E-state index in [1.165, 1.54) is 32.1 Å². The molecule has 0 aromatic rings. The number of aliphatic hydroxyl groups is 1. The summed E-state index contributed by atoms with van der Waals surface area (Å²) in [5.41, 5.74) is 0. The minimum Gasteiger partial charge on any atom is -0.389 e. The molecule has 0 aliphatic rings. The van der Waals surface area contributed by atoms with Gasteiger partial charge in [0.1, 0.15) is 0 Å². The van der Waals surface area contributed by atoms with Crippen molar-refractivity contribution in [2.24, 2.45) is 0 Å². The van der Waals surface area contributed by atoms with Gasteiger partial charge in [0.15, 0.2) is 0 Å². The molecule has 0 radical (unpaired) electrons. The highest BCUT2D eigenvalue weighted by Crippen LogP contribution is 2.05. The van der Waals surface area contributed by atoms with Crippen molar-refractivity contribution < 1.29 is 14.1 Å². The van der Waals surface area contributed by atoms with Gasteiger partial charge < -0.3 is 15.2 Å². The van der Waals surface area contributed by atoms with Gasteiger partial charge in [0, 0.05) is 42.0 Å². The standard InChI is InChI=1S/C16H35NO3S/c1-4-5-6-7-8-9-11-20-14-16(18)13-17-15(2)10-12-21(3)19/h15-18H,4-14H2,1-3H3. The summed E-state index contributed by atoms with van der Waals surface area (Å²) in [7, 11) is -0.738. The molecule has 0 amide bonds. The van der Waals surface area contributed by atoms with Gasteiger partial charge in [-0.25, -0.2) is 0 Å². The van der Waals surface area contributed by atoms with Gasteiger partial charge in [-0.2, -0.15) is 0 Å². The molecule has 4 nitrogen and oxygen atoms in total. The summed E-state index contributed by atoms with van der Waals surface area (Å²) in [6.45, 7) is 5.95. The molecule has 0 fully saturated rings. The molecule has 0 aliphatic heterocycles. The van der Waals surface area contributed by atoms with Gasteiger partial charge in [-0.3, -0.25) is 4.21 Å². The number of aliphatic hydroxyl groups excluding tert-OH is 1. The summed E-state index contributed by atoms with van der Waals surface area (Å²) in [5, 5.41) is 13.0. The van der Waals surface area contributed by atoms with Gasteiger partial charge in [-0.15, -0.1) is 0 Å². The van der Waals surface area contributed by atoms with Crippen molar-refractivity contribution in [3.8, 4) is 0 Å². The lowest BCUT2D eigenvalue weighted by molar-refractivity contribution is 0.0343. The highest BCUT2D eigenvalue weighted by molar-refractivity contribution is 7.84. The molecule has 0 aromatic heterocycles. The Morgan fingerprint density at radius 3 is 2.52 bits per heavy atom. The van der Waals surface area contributed by atoms with Crippen molar-refractivity contribution >= 4 is 10.8 Å². The van der Waals surface area contributed by atoms with Crippen molar-refractivity contribution in [3.63, 3.8) is 0 Å². The van der Waals surface area contributed by atoms with E-state index in [4.69, 9.17) is 4.74 Å². The van der Waals surface area contributed by atoms with E-state index in [2.05, 4.69) is 19.2 Å². The van der Waals surface area contributed by atoms with E-state index in [9.17, 15) is 9.32 Å². The van der Waals surface area contributed by atoms with Crippen molar-refractivity contribution in [3.05, 3.63) is 0 Å². The molecule has 3 atom stereocenters. The molecule has 0 rings (SSSR count). The normalized spacial score (nSPS) is 15.8. The predicted molar refractivity (Wildman–Crippen MR) is 91.2 cm³/mol. The fourth-order valence-corrected chi connectivity index (χ4v) is 2.73. The van der Waals surface area contributed by atoms with Crippen LogP contribution in [0.2, 0.25) is 0 Å². The fourth-order valence-electron chi connectivity index (χ4n) is 2.04. The summed E-state index contributed by atoms with van der Waals surface area (Å²) in [6, 6.07) is 0.280. The minimum absolute atomic E-state index is 0.280. The predicted octanol–water partition coefficient (Wildman–Crippen LogP) is 2.47. The summed E-state index contributed by atoms with van der Waals surface area (Å²) in [4.78, 5) is 0. The number of ether oxygens (including phenoxy) is 1. The quantitative estimate of drug-likeness (QED) is 0.455. The zero-order valence-electron chi connectivity index (χ0n) is 14.1. The van der Waals surface area contributed by atoms with E-state index in [1.807, 2.05) is 0 Å². The van der Waals surface area contributed by atoms with Crippen LogP contribution < -0.4 is 5.32 Å². The number of hydrogen-bond donors (Lipinski definition) is 2. The second kappa shape index (κ2) is 14.9. The average Bonchev–Trinajstić information content (AvgIpc) is 2.45. The lowest BCUT2D eigenvalue weighted by atomic mass is 10.1. The molecule has 0 saturated carbocycles. The second-order valence-corrected chi connectivity index (χ2v) is 7.43. The molecule has 0 heterocycles. The number of hydrogen-bond acceptors (Lipinski definition) is 4. The van der Waals surface area contributed by atoms with E-state index in [-0.39, 0.29) is 6.04 Å². The third kappa shape index (κ3) is 16.2. The highest BCUT2D eigenvalue weighted by Gasteiger charge is 2.07. The van der Waals surface area contributed by atoms with Crippen molar-refractivity contribution in [2.45, 2.75) is 70.9 Å². The van der Waals surface area contributed by atoms with Gasteiger partial charge in [-0.05, 0) is 19.8 Å². The summed E-state index contributed by atoms with van der Waals surface area (Å²) < 4.78 is 16.5. The molecule has 21 heavy (non-hydrogen) atoms. The smallest absolute Gasteiger partial charge is 0.0897 e. The molecular formula is C16H35NO3S. The Morgan fingerprint density at radius 2 is 1.86 bits per heavy atom. The first kappa shape index (κ1) is 21.0. The van der Waals surface area contributed by atoms with Crippen molar-refractivity contribution in [2.75, 3.05) is 31.8 Å². The van der Waals surface area contributed by atoms with Gasteiger partial charge >= 0.3 is 0 Å². The number of nitrogens with one attached hydrogen (secondary N) is 1. The van der Waals surface area contributed by atoms with Crippen molar-refractivity contribution in [1.29, 1.82) is 0 Å². The van der Waals surface area contributed by atoms with Gasteiger partial charge in [0.05, 0.1) is 12.7 Å². The molecular weight excluding hydrogens is 286 g/mol. The van der Waals surface area contributed by atoms with Crippen LogP contribution in [0.25, 0.3) is 0 Å². The van der Waals surface area contributed by atoms with Crippen LogP contribution in [0.1, 0.15) is 58.8 Å². The monoisotopic (exact) mass is 321 g/mol. The first-order valence-electron chi connectivity index (χ1n) is 8.35. The SMILES string of the molecule is CCCCCCCCOCC(O)CNC(C)CCS(C)=O. The number of unbranched alkanes of at least 4 members (excludes halogenated alkanes) is 5. The summed E-state index contributed by atoms with van der Waals surface area (Å²) in [6.07, 6.45) is 9.66. The molecule has 3 unspecified atom stereocenters. The van der Waals surface area contributed by atoms with E-state index in [1.54, 1.807) is 6.26 Å². The van der Waals surface area contributed by atoms with Crippen LogP contribution in [-0.2, 0) is 15.5 Å². The maximum Gasteiger partial charge on any atom is 0.0897 e. The van der Waals surface area contributed by atoms with Crippen molar-refractivity contribution in [1.82, 2.24) is 5.32 Å². The molecule has 0 aliphatic carbocycles. The molecule has 0 saturated heterocycles. The fraction of sp³-hybridized carbons (Fsp3) is 1.00. The molecule has 0 bridgehead atoms. The Morgan fingerprint density at radius 1 is 1.19 bits per heavy atom. The Bertz CT molecular complexity index is 252. The molecule has 2 N–H and O–H groups in total. The van der Waals surface area contributed by atoms with E-state index in [0.717, 1.165) is 19.4 Å². The Kier molecular flexibility index (Phi) is 15.0. The second-order valence-electron chi connectivity index (χ2n) is 5.87. The number of rotatable bonds is 15. The van der Waals surface area contributed by atoms with E-state index < -0.39 is 16.9 Å². The third-order valence-corrected chi connectivity index (χ3v) is 4.30. The average molecular weight is 322 g/mol. The Labute approximate surface area is 133 Å². The van der Waals surface area contributed by atoms with Gasteiger partial charge in [0.25, 0.3) is 0 Å². The lowest BCUT2D eigenvalue weighted by Crippen LogP contribution is -2.36. The van der Waals surface area contributed by atoms with E-state index >= 15 is 0 Å². The van der Waals surface area contributed by atoms with Crippen LogP contribution in [0.3, 0.4) is 0 Å². The van der Waals surface area contributed by atoms with Crippen LogP contribution in [0.4, 0.5) is 0 Å². The zero-order valence-corrected chi connectivity index (χ0v) is 14.9. The van der Waals surface area contributed by atoms with Crippen LogP contribution in [0, 0.1) is 0 Å². The largest absolute Gasteiger partial charge is 0.389 e. The summed E-state index contributed by atoms with van der Waals surface area (Å²) >= 11 is 0. The first-order valence-corrected chi connectivity index (χ1v) is 10.1. The molecule has 0 aromatic carbocycles. The Hall–Kier alpha value is 0.0300. The van der Waals surface area contributed by atoms with Crippen LogP contribution in [0.5, 0.6) is 0 Å². The third-order valence-electron chi connectivity index (χ3n) is 3.49. The van der Waals surface area contributed by atoms with Gasteiger partial charge in [-0.1, -0.05) is 39.0 Å². The topological polar surface area (TPSA) is 58.6 Å². The van der Waals surface area contributed by atoms with Crippen LogP contribution in [0.15, 0.2) is 0 Å². The highest BCUT2D eigenvalue weighted by atomic mass is 32.2. The van der Waals surface area contributed by atoms with E-state index in [0.29, 0.717) is 18.9 Å².